The molecule has 1 amide bonds. The number of hydrogen-bond acceptors (Lipinski definition) is 3. The predicted octanol–water partition coefficient (Wildman–Crippen LogP) is 1.82. The summed E-state index contributed by atoms with van der Waals surface area (Å²) in [5.41, 5.74) is 1.83. The van der Waals surface area contributed by atoms with Crippen LogP contribution < -0.4 is 10.2 Å². The molecule has 2 rings (SSSR count). The fraction of sp³-hybridized carbons (Fsp3) is 0.562. The molecule has 1 unspecified atom stereocenters. The van der Waals surface area contributed by atoms with Gasteiger partial charge >= 0.3 is 0 Å². The van der Waals surface area contributed by atoms with E-state index in [1.54, 1.807) is 0 Å². The van der Waals surface area contributed by atoms with Crippen LogP contribution in [0.1, 0.15) is 23.2 Å². The average molecular weight is 275 g/mol. The van der Waals surface area contributed by atoms with Gasteiger partial charge in [-0.1, -0.05) is 6.07 Å². The van der Waals surface area contributed by atoms with E-state index < -0.39 is 0 Å². The highest BCUT2D eigenvalue weighted by molar-refractivity contribution is 5.95. The second-order valence-corrected chi connectivity index (χ2v) is 5.84. The number of carbonyl (C=O) groups excluding carboxylic acids is 1. The zero-order valence-electron chi connectivity index (χ0n) is 12.7. The van der Waals surface area contributed by atoms with Gasteiger partial charge in [0.05, 0.1) is 0 Å². The van der Waals surface area contributed by atoms with Crippen LogP contribution in [0.5, 0.6) is 0 Å². The van der Waals surface area contributed by atoms with Crippen molar-refractivity contribution in [3.05, 3.63) is 29.8 Å². The molecule has 1 aliphatic heterocycles. The maximum absolute atomic E-state index is 12.5. The second-order valence-electron chi connectivity index (χ2n) is 5.84. The van der Waals surface area contributed by atoms with Gasteiger partial charge in [0.15, 0.2) is 0 Å². The Morgan fingerprint density at radius 3 is 2.80 bits per heavy atom. The maximum atomic E-state index is 12.5. The molecule has 1 fully saturated rings. The minimum absolute atomic E-state index is 0.110. The van der Waals surface area contributed by atoms with Crippen LogP contribution in [-0.4, -0.2) is 51.6 Å². The van der Waals surface area contributed by atoms with Crippen molar-refractivity contribution in [3.63, 3.8) is 0 Å². The van der Waals surface area contributed by atoms with Crippen LogP contribution in [-0.2, 0) is 0 Å². The van der Waals surface area contributed by atoms with E-state index in [-0.39, 0.29) is 5.91 Å². The van der Waals surface area contributed by atoms with Crippen LogP contribution in [0.25, 0.3) is 0 Å². The Hall–Kier alpha value is -1.55. The molecule has 1 atom stereocenters. The van der Waals surface area contributed by atoms with Crippen LogP contribution in [0.15, 0.2) is 24.3 Å². The molecule has 0 spiro atoms. The lowest BCUT2D eigenvalue weighted by Gasteiger charge is -2.28. The topological polar surface area (TPSA) is 35.6 Å². The van der Waals surface area contributed by atoms with E-state index in [9.17, 15) is 4.79 Å². The first kappa shape index (κ1) is 14.9. The molecule has 20 heavy (non-hydrogen) atoms. The first-order valence-electron chi connectivity index (χ1n) is 7.31. The highest BCUT2D eigenvalue weighted by atomic mass is 16.2. The van der Waals surface area contributed by atoms with Crippen LogP contribution in [0, 0.1) is 5.92 Å². The van der Waals surface area contributed by atoms with Crippen molar-refractivity contribution in [1.82, 2.24) is 10.2 Å². The molecule has 4 heteroatoms. The fourth-order valence-electron chi connectivity index (χ4n) is 2.69. The summed E-state index contributed by atoms with van der Waals surface area (Å²) in [7, 11) is 5.88. The van der Waals surface area contributed by atoms with Crippen LogP contribution in [0.4, 0.5) is 5.69 Å². The van der Waals surface area contributed by atoms with E-state index >= 15 is 0 Å². The number of nitrogens with one attached hydrogen (secondary N) is 1. The van der Waals surface area contributed by atoms with Crippen LogP contribution in [0.3, 0.4) is 0 Å². The Bertz CT molecular complexity index is 453. The monoisotopic (exact) mass is 275 g/mol. The van der Waals surface area contributed by atoms with Gasteiger partial charge in [0.2, 0.25) is 0 Å². The number of carbonyl (C=O) groups is 1. The van der Waals surface area contributed by atoms with Crippen LogP contribution in [0.2, 0.25) is 0 Å². The quantitative estimate of drug-likeness (QED) is 0.910. The third-order valence-electron chi connectivity index (χ3n) is 3.89. The third kappa shape index (κ3) is 3.73. The van der Waals surface area contributed by atoms with E-state index in [1.807, 2.05) is 55.2 Å². The van der Waals surface area contributed by atoms with Gasteiger partial charge in [-0.25, -0.2) is 0 Å². The van der Waals surface area contributed by atoms with E-state index in [0.29, 0.717) is 5.92 Å². The Morgan fingerprint density at radius 1 is 1.35 bits per heavy atom. The Labute approximate surface area is 121 Å². The second kappa shape index (κ2) is 6.75. The van der Waals surface area contributed by atoms with Crippen LogP contribution >= 0.6 is 0 Å². The lowest BCUT2D eigenvalue weighted by molar-refractivity contribution is 0.0765. The summed E-state index contributed by atoms with van der Waals surface area (Å²) in [5.74, 6) is 0.689. The molecule has 4 nitrogen and oxygen atoms in total. The zero-order valence-corrected chi connectivity index (χ0v) is 12.7. The summed E-state index contributed by atoms with van der Waals surface area (Å²) in [6.07, 6.45) is 2.42. The van der Waals surface area contributed by atoms with Gasteiger partial charge in [-0.05, 0) is 50.0 Å². The van der Waals surface area contributed by atoms with Gasteiger partial charge < -0.3 is 15.1 Å². The Kier molecular flexibility index (Phi) is 5.01. The molecule has 0 saturated carbocycles. The smallest absolute Gasteiger partial charge is 0.253 e. The summed E-state index contributed by atoms with van der Waals surface area (Å²) < 4.78 is 0. The molecule has 1 saturated heterocycles. The normalized spacial score (nSPS) is 18.6. The van der Waals surface area contributed by atoms with E-state index in [2.05, 4.69) is 5.32 Å². The van der Waals surface area contributed by atoms with Gasteiger partial charge in [-0.3, -0.25) is 4.79 Å². The molecule has 110 valence electrons. The van der Waals surface area contributed by atoms with Crippen molar-refractivity contribution in [3.8, 4) is 0 Å². The minimum atomic E-state index is 0.110. The lowest BCUT2D eigenvalue weighted by Crippen LogP contribution is -2.39. The number of piperidine rings is 1. The third-order valence-corrected chi connectivity index (χ3v) is 3.89. The van der Waals surface area contributed by atoms with Crippen molar-refractivity contribution in [2.24, 2.45) is 5.92 Å². The van der Waals surface area contributed by atoms with Crippen molar-refractivity contribution in [2.75, 3.05) is 45.7 Å². The molecule has 0 aliphatic carbocycles. The Morgan fingerprint density at radius 2 is 2.15 bits per heavy atom. The fourth-order valence-corrected chi connectivity index (χ4v) is 2.69. The standard InChI is InChI=1S/C16H25N3O/c1-18(2)15-8-4-7-14(10-15)16(20)19(3)12-13-6-5-9-17-11-13/h4,7-8,10,13,17H,5-6,9,11-12H2,1-3H3. The molecule has 1 aliphatic rings. The van der Waals surface area contributed by atoms with E-state index in [1.165, 1.54) is 12.8 Å². The largest absolute Gasteiger partial charge is 0.378 e. The summed E-state index contributed by atoms with van der Waals surface area (Å²) in [6.45, 7) is 2.96. The van der Waals surface area contributed by atoms with E-state index in [0.717, 1.165) is 30.9 Å². The zero-order chi connectivity index (χ0) is 14.5. The summed E-state index contributed by atoms with van der Waals surface area (Å²) >= 11 is 0. The van der Waals surface area contributed by atoms with Gasteiger partial charge in [-0.15, -0.1) is 0 Å². The molecule has 1 aromatic rings. The van der Waals surface area contributed by atoms with Crippen molar-refractivity contribution in [2.45, 2.75) is 12.8 Å². The SMILES string of the molecule is CN(CC1CCCNC1)C(=O)c1cccc(N(C)C)c1. The molecule has 1 N–H and O–H groups in total. The summed E-state index contributed by atoms with van der Waals surface area (Å²) in [4.78, 5) is 16.3. The molecular weight excluding hydrogens is 250 g/mol. The highest BCUT2D eigenvalue weighted by Gasteiger charge is 2.19. The molecule has 1 heterocycles. The summed E-state index contributed by atoms with van der Waals surface area (Å²) in [6, 6.07) is 7.81. The maximum Gasteiger partial charge on any atom is 0.253 e. The highest BCUT2D eigenvalue weighted by Crippen LogP contribution is 2.16. The van der Waals surface area contributed by atoms with Gasteiger partial charge in [-0.2, -0.15) is 0 Å². The average Bonchev–Trinajstić information content (AvgIpc) is 2.47. The number of anilines is 1. The first-order chi connectivity index (χ1) is 9.58. The summed E-state index contributed by atoms with van der Waals surface area (Å²) in [5, 5.41) is 3.40. The van der Waals surface area contributed by atoms with Gasteiger partial charge in [0.25, 0.3) is 5.91 Å². The number of amides is 1. The predicted molar refractivity (Wildman–Crippen MR) is 83.3 cm³/mol. The lowest BCUT2D eigenvalue weighted by atomic mass is 9.99. The number of benzene rings is 1. The Balaban J connectivity index is 2.00. The number of rotatable bonds is 4. The molecule has 1 aromatic carbocycles. The van der Waals surface area contributed by atoms with Crippen molar-refractivity contribution < 1.29 is 4.79 Å². The minimum Gasteiger partial charge on any atom is -0.378 e. The molecule has 0 bridgehead atoms. The number of hydrogen-bond donors (Lipinski definition) is 1. The molecule has 0 radical (unpaired) electrons. The van der Waals surface area contributed by atoms with E-state index in [4.69, 9.17) is 0 Å². The van der Waals surface area contributed by atoms with Gasteiger partial charge in [0, 0.05) is 38.9 Å². The molecule has 0 aromatic heterocycles. The van der Waals surface area contributed by atoms with Crippen molar-refractivity contribution >= 4 is 11.6 Å². The molecular formula is C16H25N3O. The number of nitrogens with zero attached hydrogens (tertiary/aromatic N) is 2. The first-order valence-corrected chi connectivity index (χ1v) is 7.31. The van der Waals surface area contributed by atoms with Crippen molar-refractivity contribution in [1.29, 1.82) is 0 Å². The van der Waals surface area contributed by atoms with Gasteiger partial charge in [0.1, 0.15) is 0 Å².